The molecule has 0 unspecified atom stereocenters. The van der Waals surface area contributed by atoms with Crippen molar-refractivity contribution < 1.29 is 9.18 Å². The van der Waals surface area contributed by atoms with Gasteiger partial charge in [0.25, 0.3) is 0 Å². The number of nitrogens with zero attached hydrogens (tertiary/aromatic N) is 3. The molecule has 2 aromatic carbocycles. The van der Waals surface area contributed by atoms with E-state index in [1.165, 1.54) is 18.6 Å². The molecule has 4 rings (SSSR count). The lowest BCUT2D eigenvalue weighted by Gasteiger charge is -2.25. The maximum absolute atomic E-state index is 13.3. The van der Waals surface area contributed by atoms with Crippen molar-refractivity contribution in [3.05, 3.63) is 78.3 Å². The Hall–Kier alpha value is -3.21. The molecular weight excluding hydrogens is 353 g/mol. The maximum atomic E-state index is 13.3. The van der Waals surface area contributed by atoms with Crippen molar-refractivity contribution >= 4 is 12.0 Å². The molecule has 3 aromatic rings. The van der Waals surface area contributed by atoms with Crippen LogP contribution in [0.15, 0.2) is 66.9 Å². The summed E-state index contributed by atoms with van der Waals surface area (Å²) in [5.74, 6) is -0.263. The van der Waals surface area contributed by atoms with Crippen molar-refractivity contribution in [2.24, 2.45) is 0 Å². The predicted octanol–water partition coefficient (Wildman–Crippen LogP) is 4.70. The van der Waals surface area contributed by atoms with Crippen molar-refractivity contribution in [1.82, 2.24) is 14.7 Å². The van der Waals surface area contributed by atoms with Gasteiger partial charge in [-0.1, -0.05) is 18.2 Å². The lowest BCUT2D eigenvalue weighted by molar-refractivity contribution is -0.126. The summed E-state index contributed by atoms with van der Waals surface area (Å²) in [6, 6.07) is 16.0. The minimum Gasteiger partial charge on any atom is -0.339 e. The number of halogens is 1. The Kier molecular flexibility index (Phi) is 5.33. The molecule has 1 aliphatic heterocycles. The zero-order chi connectivity index (χ0) is 19.3. The molecule has 0 radical (unpaired) electrons. The Morgan fingerprint density at radius 2 is 1.68 bits per heavy atom. The average molecular weight is 375 g/mol. The minimum atomic E-state index is -0.288. The fraction of sp³-hybridized carbons (Fsp3) is 0.217. The highest BCUT2D eigenvalue weighted by Crippen LogP contribution is 2.25. The van der Waals surface area contributed by atoms with E-state index in [1.54, 1.807) is 22.9 Å². The lowest BCUT2D eigenvalue weighted by Crippen LogP contribution is -2.34. The Bertz CT molecular complexity index is 971. The van der Waals surface area contributed by atoms with Gasteiger partial charge in [-0.25, -0.2) is 9.07 Å². The third-order valence-electron chi connectivity index (χ3n) is 4.95. The summed E-state index contributed by atoms with van der Waals surface area (Å²) >= 11 is 0. The van der Waals surface area contributed by atoms with Gasteiger partial charge < -0.3 is 4.90 Å². The van der Waals surface area contributed by atoms with Gasteiger partial charge in [0, 0.05) is 36.5 Å². The molecule has 0 atom stereocenters. The quantitative estimate of drug-likeness (QED) is 0.620. The summed E-state index contributed by atoms with van der Waals surface area (Å²) in [5, 5.41) is 4.69. The van der Waals surface area contributed by atoms with E-state index in [-0.39, 0.29) is 11.7 Å². The van der Waals surface area contributed by atoms with Gasteiger partial charge in [-0.2, -0.15) is 5.10 Å². The number of likely N-dealkylation sites (tertiary alicyclic amines) is 1. The molecule has 1 amide bonds. The Labute approximate surface area is 163 Å². The number of hydrogen-bond donors (Lipinski definition) is 0. The van der Waals surface area contributed by atoms with Crippen LogP contribution < -0.4 is 0 Å². The standard InChI is InChI=1S/C23H22FN3O/c24-20-12-9-18(10-13-20)23-19(11-14-22(28)26-15-5-2-6-16-26)17-27(25-23)21-7-3-1-4-8-21/h1,3-4,7-14,17H,2,5-6,15-16H2/b14-11+. The Morgan fingerprint density at radius 1 is 0.964 bits per heavy atom. The van der Waals surface area contributed by atoms with Crippen molar-refractivity contribution in [2.75, 3.05) is 13.1 Å². The second-order valence-electron chi connectivity index (χ2n) is 6.94. The first-order chi connectivity index (χ1) is 13.7. The number of carbonyl (C=O) groups is 1. The Morgan fingerprint density at radius 3 is 2.39 bits per heavy atom. The largest absolute Gasteiger partial charge is 0.339 e. The maximum Gasteiger partial charge on any atom is 0.246 e. The monoisotopic (exact) mass is 375 g/mol. The topological polar surface area (TPSA) is 38.1 Å². The van der Waals surface area contributed by atoms with Crippen molar-refractivity contribution in [2.45, 2.75) is 19.3 Å². The molecule has 1 aromatic heterocycles. The van der Waals surface area contributed by atoms with E-state index in [1.807, 2.05) is 47.5 Å². The van der Waals surface area contributed by atoms with Crippen LogP contribution in [0.2, 0.25) is 0 Å². The summed E-state index contributed by atoms with van der Waals surface area (Å²) in [5.41, 5.74) is 3.27. The number of para-hydroxylation sites is 1. The van der Waals surface area contributed by atoms with Gasteiger partial charge in [-0.05, 0) is 61.7 Å². The van der Waals surface area contributed by atoms with Crippen LogP contribution in [0.4, 0.5) is 4.39 Å². The van der Waals surface area contributed by atoms with Gasteiger partial charge >= 0.3 is 0 Å². The number of carbonyl (C=O) groups excluding carboxylic acids is 1. The normalized spacial score (nSPS) is 14.5. The first-order valence-corrected chi connectivity index (χ1v) is 9.59. The number of rotatable bonds is 4. The smallest absolute Gasteiger partial charge is 0.246 e. The molecule has 0 saturated carbocycles. The van der Waals surface area contributed by atoms with E-state index in [0.29, 0.717) is 5.69 Å². The number of amides is 1. The van der Waals surface area contributed by atoms with Crippen LogP contribution in [0.1, 0.15) is 24.8 Å². The van der Waals surface area contributed by atoms with E-state index < -0.39 is 0 Å². The van der Waals surface area contributed by atoms with Gasteiger partial charge in [0.1, 0.15) is 5.82 Å². The van der Waals surface area contributed by atoms with Gasteiger partial charge in [-0.3, -0.25) is 4.79 Å². The molecule has 1 aliphatic rings. The molecule has 142 valence electrons. The minimum absolute atomic E-state index is 0.0252. The van der Waals surface area contributed by atoms with Crippen molar-refractivity contribution in [3.8, 4) is 16.9 Å². The number of hydrogen-bond acceptors (Lipinski definition) is 2. The van der Waals surface area contributed by atoms with Crippen LogP contribution in [0, 0.1) is 5.82 Å². The summed E-state index contributed by atoms with van der Waals surface area (Å²) in [6.45, 7) is 1.63. The molecular formula is C23H22FN3O. The fourth-order valence-electron chi connectivity index (χ4n) is 3.44. The van der Waals surface area contributed by atoms with Crippen LogP contribution in [0.25, 0.3) is 23.0 Å². The first-order valence-electron chi connectivity index (χ1n) is 9.59. The summed E-state index contributed by atoms with van der Waals surface area (Å²) in [6.07, 6.45) is 8.63. The predicted molar refractivity (Wildman–Crippen MR) is 108 cm³/mol. The Balaban J connectivity index is 1.67. The lowest BCUT2D eigenvalue weighted by atomic mass is 10.1. The molecule has 0 spiro atoms. The van der Waals surface area contributed by atoms with Crippen molar-refractivity contribution in [1.29, 1.82) is 0 Å². The average Bonchev–Trinajstić information content (AvgIpc) is 3.18. The van der Waals surface area contributed by atoms with Crippen molar-refractivity contribution in [3.63, 3.8) is 0 Å². The third kappa shape index (κ3) is 4.03. The number of piperidine rings is 1. The van der Waals surface area contributed by atoms with E-state index in [2.05, 4.69) is 5.10 Å². The molecule has 0 N–H and O–H groups in total. The highest BCUT2D eigenvalue weighted by Gasteiger charge is 2.15. The summed E-state index contributed by atoms with van der Waals surface area (Å²) in [7, 11) is 0. The van der Waals surface area contributed by atoms with E-state index in [9.17, 15) is 9.18 Å². The molecule has 0 aliphatic carbocycles. The van der Waals surface area contributed by atoms with Gasteiger partial charge in [0.2, 0.25) is 5.91 Å². The molecule has 0 bridgehead atoms. The highest BCUT2D eigenvalue weighted by molar-refractivity contribution is 5.93. The van der Waals surface area contributed by atoms with Gasteiger partial charge in [0.05, 0.1) is 11.4 Å². The molecule has 28 heavy (non-hydrogen) atoms. The third-order valence-corrected chi connectivity index (χ3v) is 4.95. The van der Waals surface area contributed by atoms with Gasteiger partial charge in [0.15, 0.2) is 0 Å². The fourth-order valence-corrected chi connectivity index (χ4v) is 3.44. The zero-order valence-electron chi connectivity index (χ0n) is 15.6. The van der Waals surface area contributed by atoms with Crippen LogP contribution in [0.5, 0.6) is 0 Å². The highest BCUT2D eigenvalue weighted by atomic mass is 19.1. The van der Waals surface area contributed by atoms with Crippen LogP contribution in [0.3, 0.4) is 0 Å². The van der Waals surface area contributed by atoms with Gasteiger partial charge in [-0.15, -0.1) is 0 Å². The van der Waals surface area contributed by atoms with E-state index in [4.69, 9.17) is 0 Å². The molecule has 1 saturated heterocycles. The van der Waals surface area contributed by atoms with Crippen LogP contribution in [-0.4, -0.2) is 33.7 Å². The second kappa shape index (κ2) is 8.21. The summed E-state index contributed by atoms with van der Waals surface area (Å²) < 4.78 is 15.1. The molecule has 5 heteroatoms. The summed E-state index contributed by atoms with van der Waals surface area (Å²) in [4.78, 5) is 14.4. The zero-order valence-corrected chi connectivity index (χ0v) is 15.6. The number of aromatic nitrogens is 2. The van der Waals surface area contributed by atoms with Crippen LogP contribution >= 0.6 is 0 Å². The van der Waals surface area contributed by atoms with E-state index >= 15 is 0 Å². The van der Waals surface area contributed by atoms with Crippen LogP contribution in [-0.2, 0) is 4.79 Å². The number of benzene rings is 2. The molecule has 1 fully saturated rings. The SMILES string of the molecule is O=C(/C=C/c1cn(-c2ccccc2)nc1-c1ccc(F)cc1)N1CCCCC1. The van der Waals surface area contributed by atoms with E-state index in [0.717, 1.165) is 42.7 Å². The molecule has 4 nitrogen and oxygen atoms in total. The second-order valence-corrected chi connectivity index (χ2v) is 6.94. The first kappa shape index (κ1) is 18.2. The molecule has 2 heterocycles.